The minimum absolute atomic E-state index is 0.0569. The van der Waals surface area contributed by atoms with Gasteiger partial charge in [-0.15, -0.1) is 0 Å². The lowest BCUT2D eigenvalue weighted by atomic mass is 9.96. The molecule has 0 aliphatic heterocycles. The average Bonchev–Trinajstić information content (AvgIpc) is 2.86. The van der Waals surface area contributed by atoms with E-state index in [0.29, 0.717) is 18.7 Å². The van der Waals surface area contributed by atoms with Crippen LogP contribution in [-0.4, -0.2) is 29.3 Å². The minimum atomic E-state index is -0.444. The van der Waals surface area contributed by atoms with Gasteiger partial charge in [0, 0.05) is 29.1 Å². The van der Waals surface area contributed by atoms with Crippen molar-refractivity contribution in [3.8, 4) is 0 Å². The number of carbonyl (C=O) groups is 3. The molecule has 0 radical (unpaired) electrons. The number of carbonyl (C=O) groups excluding carboxylic acids is 3. The Bertz CT molecular complexity index is 549. The highest BCUT2D eigenvalue weighted by atomic mass is 79.9. The summed E-state index contributed by atoms with van der Waals surface area (Å²) >= 11 is 3.21. The van der Waals surface area contributed by atoms with Crippen LogP contribution in [0.5, 0.6) is 0 Å². The molecule has 1 aromatic rings. The number of aromatic amines is 1. The maximum absolute atomic E-state index is 11.7. The summed E-state index contributed by atoms with van der Waals surface area (Å²) in [5.74, 6) is -0.803. The zero-order chi connectivity index (χ0) is 16.8. The van der Waals surface area contributed by atoms with E-state index in [1.807, 2.05) is 20.8 Å². The third-order valence-corrected chi connectivity index (χ3v) is 3.21. The maximum atomic E-state index is 11.7. The van der Waals surface area contributed by atoms with Crippen molar-refractivity contribution in [1.29, 1.82) is 0 Å². The monoisotopic (exact) mass is 372 g/mol. The van der Waals surface area contributed by atoms with Crippen LogP contribution in [0.4, 0.5) is 0 Å². The van der Waals surface area contributed by atoms with E-state index in [2.05, 4.69) is 37.1 Å². The Hall–Kier alpha value is -1.83. The van der Waals surface area contributed by atoms with Gasteiger partial charge < -0.3 is 10.3 Å². The van der Waals surface area contributed by atoms with Gasteiger partial charge in [-0.3, -0.25) is 25.2 Å². The molecule has 0 spiro atoms. The number of aromatic nitrogens is 1. The molecule has 0 atom stereocenters. The first-order chi connectivity index (χ1) is 10.2. The molecule has 22 heavy (non-hydrogen) atoms. The van der Waals surface area contributed by atoms with Gasteiger partial charge in [-0.1, -0.05) is 20.8 Å². The molecule has 7 nitrogen and oxygen atoms in total. The molecule has 0 saturated carbocycles. The van der Waals surface area contributed by atoms with Crippen molar-refractivity contribution >= 4 is 33.7 Å². The van der Waals surface area contributed by atoms with Crippen molar-refractivity contribution < 1.29 is 14.4 Å². The number of nitrogens with one attached hydrogen (secondary N) is 4. The number of amides is 3. The first-order valence-electron chi connectivity index (χ1n) is 6.91. The summed E-state index contributed by atoms with van der Waals surface area (Å²) in [7, 11) is 0. The molecular formula is C14H21BrN4O3. The molecule has 1 heterocycles. The number of halogens is 1. The maximum Gasteiger partial charge on any atom is 0.286 e. The lowest BCUT2D eigenvalue weighted by molar-refractivity contribution is -0.128. The lowest BCUT2D eigenvalue weighted by Crippen LogP contribution is -2.42. The normalized spacial score (nSPS) is 10.9. The van der Waals surface area contributed by atoms with Crippen LogP contribution in [0.15, 0.2) is 16.7 Å². The molecule has 0 unspecified atom stereocenters. The Morgan fingerprint density at radius 1 is 1.23 bits per heavy atom. The second-order valence-electron chi connectivity index (χ2n) is 5.84. The second-order valence-corrected chi connectivity index (χ2v) is 6.76. The van der Waals surface area contributed by atoms with Crippen LogP contribution in [0.2, 0.25) is 0 Å². The van der Waals surface area contributed by atoms with Crippen molar-refractivity contribution in [2.45, 2.75) is 33.6 Å². The van der Waals surface area contributed by atoms with Crippen LogP contribution in [-0.2, 0) is 9.59 Å². The van der Waals surface area contributed by atoms with E-state index < -0.39 is 11.3 Å². The first kappa shape index (κ1) is 18.2. The van der Waals surface area contributed by atoms with Crippen molar-refractivity contribution in [3.05, 3.63) is 22.4 Å². The highest BCUT2D eigenvalue weighted by Crippen LogP contribution is 2.12. The molecule has 3 amide bonds. The fraction of sp³-hybridized carbons (Fsp3) is 0.500. The molecule has 122 valence electrons. The smallest absolute Gasteiger partial charge is 0.286 e. The van der Waals surface area contributed by atoms with Crippen molar-refractivity contribution in [2.75, 3.05) is 6.54 Å². The topological polar surface area (TPSA) is 103 Å². The molecule has 4 N–H and O–H groups in total. The Kier molecular flexibility index (Phi) is 6.61. The first-order valence-corrected chi connectivity index (χ1v) is 7.71. The summed E-state index contributed by atoms with van der Waals surface area (Å²) in [6, 6.07) is 1.60. The number of hydrogen-bond donors (Lipinski definition) is 4. The quantitative estimate of drug-likeness (QED) is 0.464. The van der Waals surface area contributed by atoms with Crippen LogP contribution in [0.25, 0.3) is 0 Å². The summed E-state index contributed by atoms with van der Waals surface area (Å²) in [6.07, 6.45) is 2.32. The number of H-pyrrole nitrogens is 1. The fourth-order valence-electron chi connectivity index (χ4n) is 1.47. The average molecular weight is 373 g/mol. The van der Waals surface area contributed by atoms with Gasteiger partial charge in [0.15, 0.2) is 0 Å². The molecule has 0 aliphatic rings. The third kappa shape index (κ3) is 6.30. The van der Waals surface area contributed by atoms with E-state index in [4.69, 9.17) is 0 Å². The van der Waals surface area contributed by atoms with Crippen LogP contribution in [0, 0.1) is 5.41 Å². The van der Waals surface area contributed by atoms with Gasteiger partial charge in [-0.25, -0.2) is 0 Å². The molecule has 0 bridgehead atoms. The number of hydrazine groups is 1. The predicted molar refractivity (Wildman–Crippen MR) is 85.8 cm³/mol. The van der Waals surface area contributed by atoms with Crippen LogP contribution < -0.4 is 16.2 Å². The fourth-order valence-corrected chi connectivity index (χ4v) is 1.81. The highest BCUT2D eigenvalue weighted by molar-refractivity contribution is 9.10. The van der Waals surface area contributed by atoms with Gasteiger partial charge in [0.2, 0.25) is 11.8 Å². The highest BCUT2D eigenvalue weighted by Gasteiger charge is 2.20. The number of hydrogen-bond acceptors (Lipinski definition) is 3. The lowest BCUT2D eigenvalue weighted by Gasteiger charge is -2.17. The van der Waals surface area contributed by atoms with E-state index in [-0.39, 0.29) is 18.2 Å². The van der Waals surface area contributed by atoms with Gasteiger partial charge in [0.25, 0.3) is 5.91 Å². The summed E-state index contributed by atoms with van der Waals surface area (Å²) in [6.45, 7) is 5.89. The van der Waals surface area contributed by atoms with Crippen molar-refractivity contribution in [1.82, 2.24) is 21.2 Å². The Labute approximate surface area is 137 Å². The SMILES string of the molecule is CC(C)(C)C(=O)NCCCC(=O)NNC(=O)c1cc(Br)c[nH]1. The number of rotatable bonds is 5. The summed E-state index contributed by atoms with van der Waals surface area (Å²) in [4.78, 5) is 37.6. The van der Waals surface area contributed by atoms with Crippen LogP contribution in [0.1, 0.15) is 44.1 Å². The predicted octanol–water partition coefficient (Wildman–Crippen LogP) is 1.48. The van der Waals surface area contributed by atoms with Crippen molar-refractivity contribution in [2.24, 2.45) is 5.41 Å². The van der Waals surface area contributed by atoms with E-state index in [0.717, 1.165) is 4.47 Å². The standard InChI is InChI=1S/C14H21BrN4O3/c1-14(2,3)13(22)16-6-4-5-11(20)18-19-12(21)10-7-9(15)8-17-10/h7-8,17H,4-6H2,1-3H3,(H,16,22)(H,18,20)(H,19,21). The molecule has 1 rings (SSSR count). The summed E-state index contributed by atoms with van der Waals surface area (Å²) < 4.78 is 0.749. The Balaban J connectivity index is 2.19. The summed E-state index contributed by atoms with van der Waals surface area (Å²) in [5, 5.41) is 2.75. The zero-order valence-corrected chi connectivity index (χ0v) is 14.5. The molecule has 0 saturated heterocycles. The minimum Gasteiger partial charge on any atom is -0.356 e. The Morgan fingerprint density at radius 3 is 2.45 bits per heavy atom. The van der Waals surface area contributed by atoms with E-state index in [9.17, 15) is 14.4 Å². The van der Waals surface area contributed by atoms with Gasteiger partial charge in [-0.2, -0.15) is 0 Å². The van der Waals surface area contributed by atoms with Gasteiger partial charge in [-0.05, 0) is 28.4 Å². The van der Waals surface area contributed by atoms with Gasteiger partial charge in [0.05, 0.1) is 0 Å². The molecule has 1 aromatic heterocycles. The molecule has 0 aromatic carbocycles. The molecule has 8 heteroatoms. The zero-order valence-electron chi connectivity index (χ0n) is 12.9. The Morgan fingerprint density at radius 2 is 1.91 bits per heavy atom. The van der Waals surface area contributed by atoms with Crippen molar-refractivity contribution in [3.63, 3.8) is 0 Å². The molecule has 0 aliphatic carbocycles. The van der Waals surface area contributed by atoms with E-state index in [1.54, 1.807) is 12.3 Å². The van der Waals surface area contributed by atoms with Crippen LogP contribution in [0.3, 0.4) is 0 Å². The van der Waals surface area contributed by atoms with Gasteiger partial charge in [0.1, 0.15) is 5.69 Å². The largest absolute Gasteiger partial charge is 0.356 e. The van der Waals surface area contributed by atoms with E-state index in [1.165, 1.54) is 0 Å². The van der Waals surface area contributed by atoms with E-state index >= 15 is 0 Å². The van der Waals surface area contributed by atoms with Gasteiger partial charge >= 0.3 is 0 Å². The van der Waals surface area contributed by atoms with Crippen LogP contribution >= 0.6 is 15.9 Å². The third-order valence-electron chi connectivity index (χ3n) is 2.76. The molecule has 0 fully saturated rings. The summed E-state index contributed by atoms with van der Waals surface area (Å²) in [5.41, 5.74) is 4.52. The second kappa shape index (κ2) is 7.98. The molecular weight excluding hydrogens is 352 g/mol.